The zero-order chi connectivity index (χ0) is 12.3. The van der Waals surface area contributed by atoms with Gasteiger partial charge < -0.3 is 9.72 Å². The topological polar surface area (TPSA) is 55.0 Å². The molecular formula is C12H14N2O2S. The van der Waals surface area contributed by atoms with E-state index in [0.717, 1.165) is 22.8 Å². The van der Waals surface area contributed by atoms with E-state index in [-0.39, 0.29) is 5.97 Å². The van der Waals surface area contributed by atoms with E-state index in [1.54, 1.807) is 18.3 Å². The number of imidazole rings is 1. The fourth-order valence-electron chi connectivity index (χ4n) is 1.56. The molecular weight excluding hydrogens is 236 g/mol. The van der Waals surface area contributed by atoms with Gasteiger partial charge in [0.25, 0.3) is 0 Å². The first-order valence-corrected chi connectivity index (χ1v) is 6.44. The molecule has 0 atom stereocenters. The number of aromatic amines is 1. The summed E-state index contributed by atoms with van der Waals surface area (Å²) in [5.41, 5.74) is 1.23. The minimum atomic E-state index is -0.358. The summed E-state index contributed by atoms with van der Waals surface area (Å²) in [5.74, 6) is 0.378. The van der Waals surface area contributed by atoms with Crippen LogP contribution in [0, 0.1) is 0 Å². The lowest BCUT2D eigenvalue weighted by Gasteiger charge is -1.99. The second kappa shape index (κ2) is 5.14. The van der Waals surface area contributed by atoms with Gasteiger partial charge in [0.2, 0.25) is 0 Å². The van der Waals surface area contributed by atoms with Crippen LogP contribution in [0.15, 0.2) is 17.5 Å². The lowest BCUT2D eigenvalue weighted by molar-refractivity contribution is 0.0519. The van der Waals surface area contributed by atoms with Gasteiger partial charge in [-0.05, 0) is 24.8 Å². The average Bonchev–Trinajstić information content (AvgIpc) is 2.97. The molecule has 0 amide bonds. The number of aromatic nitrogens is 2. The predicted octanol–water partition coefficient (Wildman–Crippen LogP) is 2.88. The Morgan fingerprint density at radius 2 is 2.35 bits per heavy atom. The molecule has 4 nitrogen and oxygen atoms in total. The van der Waals surface area contributed by atoms with Gasteiger partial charge in [-0.3, -0.25) is 0 Å². The molecule has 0 aromatic carbocycles. The zero-order valence-corrected chi connectivity index (χ0v) is 10.6. The Labute approximate surface area is 104 Å². The van der Waals surface area contributed by atoms with Crippen LogP contribution in [0.4, 0.5) is 0 Å². The van der Waals surface area contributed by atoms with E-state index in [1.165, 1.54) is 0 Å². The van der Waals surface area contributed by atoms with Crippen LogP contribution in [0.2, 0.25) is 0 Å². The van der Waals surface area contributed by atoms with Gasteiger partial charge in [-0.2, -0.15) is 0 Å². The van der Waals surface area contributed by atoms with Crippen molar-refractivity contribution in [1.29, 1.82) is 0 Å². The largest absolute Gasteiger partial charge is 0.461 e. The summed E-state index contributed by atoms with van der Waals surface area (Å²) >= 11 is 1.59. The molecule has 0 unspecified atom stereocenters. The Hall–Kier alpha value is -1.62. The van der Waals surface area contributed by atoms with Crippen molar-refractivity contribution in [3.8, 4) is 10.7 Å². The van der Waals surface area contributed by atoms with Crippen molar-refractivity contribution in [3.63, 3.8) is 0 Å². The summed E-state index contributed by atoms with van der Waals surface area (Å²) in [6.07, 6.45) is 0.729. The summed E-state index contributed by atoms with van der Waals surface area (Å²) in [6, 6.07) is 3.93. The molecule has 90 valence electrons. The van der Waals surface area contributed by atoms with Gasteiger partial charge in [0, 0.05) is 5.69 Å². The Balaban J connectivity index is 2.36. The van der Waals surface area contributed by atoms with Crippen LogP contribution in [0.1, 0.15) is 30.0 Å². The van der Waals surface area contributed by atoms with Gasteiger partial charge in [0.15, 0.2) is 5.69 Å². The molecule has 1 N–H and O–H groups in total. The Morgan fingerprint density at radius 3 is 2.94 bits per heavy atom. The summed E-state index contributed by atoms with van der Waals surface area (Å²) < 4.78 is 4.98. The highest BCUT2D eigenvalue weighted by atomic mass is 32.1. The quantitative estimate of drug-likeness (QED) is 0.849. The van der Waals surface area contributed by atoms with Crippen LogP contribution in [0.25, 0.3) is 10.7 Å². The number of carbonyl (C=O) groups excluding carboxylic acids is 1. The number of carbonyl (C=O) groups is 1. The fraction of sp³-hybridized carbons (Fsp3) is 0.333. The highest BCUT2D eigenvalue weighted by molar-refractivity contribution is 7.13. The van der Waals surface area contributed by atoms with Crippen molar-refractivity contribution in [1.82, 2.24) is 9.97 Å². The lowest BCUT2D eigenvalue weighted by atomic mass is 10.3. The van der Waals surface area contributed by atoms with E-state index in [0.29, 0.717) is 12.3 Å². The van der Waals surface area contributed by atoms with Crippen molar-refractivity contribution in [2.24, 2.45) is 0 Å². The molecule has 0 bridgehead atoms. The third kappa shape index (κ3) is 2.39. The second-order valence-electron chi connectivity index (χ2n) is 3.46. The number of nitrogens with one attached hydrogen (secondary N) is 1. The maximum absolute atomic E-state index is 11.7. The van der Waals surface area contributed by atoms with Gasteiger partial charge in [-0.1, -0.05) is 13.0 Å². The van der Waals surface area contributed by atoms with Gasteiger partial charge >= 0.3 is 5.97 Å². The maximum Gasteiger partial charge on any atom is 0.358 e. The third-order valence-electron chi connectivity index (χ3n) is 2.36. The first-order chi connectivity index (χ1) is 8.26. The molecule has 2 rings (SSSR count). The van der Waals surface area contributed by atoms with E-state index < -0.39 is 0 Å². The normalized spacial score (nSPS) is 10.5. The number of nitrogens with zero attached hydrogens (tertiary/aromatic N) is 1. The SMILES string of the molecule is CCOC(=O)c1nc(-c2cccs2)[nH]c1CC. The van der Waals surface area contributed by atoms with E-state index in [2.05, 4.69) is 9.97 Å². The van der Waals surface area contributed by atoms with Crippen molar-refractivity contribution in [3.05, 3.63) is 28.9 Å². The zero-order valence-electron chi connectivity index (χ0n) is 9.82. The van der Waals surface area contributed by atoms with Crippen molar-refractivity contribution in [2.45, 2.75) is 20.3 Å². The minimum absolute atomic E-state index is 0.358. The van der Waals surface area contributed by atoms with Crippen LogP contribution in [0.5, 0.6) is 0 Å². The van der Waals surface area contributed by atoms with Crippen LogP contribution in [-0.2, 0) is 11.2 Å². The molecule has 0 aliphatic carbocycles. The summed E-state index contributed by atoms with van der Waals surface area (Å²) in [6.45, 7) is 4.13. The van der Waals surface area contributed by atoms with Gasteiger partial charge in [-0.25, -0.2) is 9.78 Å². The summed E-state index contributed by atoms with van der Waals surface area (Å²) in [7, 11) is 0. The highest BCUT2D eigenvalue weighted by Crippen LogP contribution is 2.23. The van der Waals surface area contributed by atoms with Gasteiger partial charge in [0.1, 0.15) is 5.82 Å². The van der Waals surface area contributed by atoms with Crippen LogP contribution in [-0.4, -0.2) is 22.5 Å². The number of esters is 1. The van der Waals surface area contributed by atoms with E-state index >= 15 is 0 Å². The standard InChI is InChI=1S/C12H14N2O2S/c1-3-8-10(12(15)16-4-2)14-11(13-8)9-6-5-7-17-9/h5-7H,3-4H2,1-2H3,(H,13,14). The molecule has 0 spiro atoms. The monoisotopic (exact) mass is 250 g/mol. The molecule has 0 aliphatic heterocycles. The van der Waals surface area contributed by atoms with Crippen molar-refractivity contribution >= 4 is 17.3 Å². The molecule has 0 fully saturated rings. The number of ether oxygens (including phenoxy) is 1. The molecule has 2 aromatic rings. The summed E-state index contributed by atoms with van der Waals surface area (Å²) in [5, 5.41) is 1.98. The molecule has 0 aliphatic rings. The van der Waals surface area contributed by atoms with E-state index in [9.17, 15) is 4.79 Å². The summed E-state index contributed by atoms with van der Waals surface area (Å²) in [4.78, 5) is 20.2. The number of aryl methyl sites for hydroxylation is 1. The van der Waals surface area contributed by atoms with Crippen LogP contribution < -0.4 is 0 Å². The highest BCUT2D eigenvalue weighted by Gasteiger charge is 2.18. The number of thiophene rings is 1. The first-order valence-electron chi connectivity index (χ1n) is 5.56. The fourth-order valence-corrected chi connectivity index (χ4v) is 2.23. The number of hydrogen-bond donors (Lipinski definition) is 1. The van der Waals surface area contributed by atoms with Gasteiger partial charge in [-0.15, -0.1) is 11.3 Å². The van der Waals surface area contributed by atoms with E-state index in [4.69, 9.17) is 4.74 Å². The predicted molar refractivity (Wildman–Crippen MR) is 67.2 cm³/mol. The molecule has 0 radical (unpaired) electrons. The molecule has 17 heavy (non-hydrogen) atoms. The number of hydrogen-bond acceptors (Lipinski definition) is 4. The van der Waals surface area contributed by atoms with Crippen LogP contribution in [0.3, 0.4) is 0 Å². The van der Waals surface area contributed by atoms with Gasteiger partial charge in [0.05, 0.1) is 11.5 Å². The Morgan fingerprint density at radius 1 is 1.53 bits per heavy atom. The average molecular weight is 250 g/mol. The maximum atomic E-state index is 11.7. The lowest BCUT2D eigenvalue weighted by Crippen LogP contribution is -2.07. The Kier molecular flexibility index (Phi) is 3.58. The number of rotatable bonds is 4. The molecule has 2 heterocycles. The molecule has 0 saturated heterocycles. The molecule has 0 saturated carbocycles. The van der Waals surface area contributed by atoms with E-state index in [1.807, 2.05) is 24.4 Å². The minimum Gasteiger partial charge on any atom is -0.461 e. The molecule has 2 aromatic heterocycles. The number of H-pyrrole nitrogens is 1. The van der Waals surface area contributed by atoms with Crippen molar-refractivity contribution < 1.29 is 9.53 Å². The van der Waals surface area contributed by atoms with Crippen molar-refractivity contribution in [2.75, 3.05) is 6.61 Å². The second-order valence-corrected chi connectivity index (χ2v) is 4.41. The third-order valence-corrected chi connectivity index (χ3v) is 3.23. The Bertz CT molecular complexity index is 503. The molecule has 5 heteroatoms. The smallest absolute Gasteiger partial charge is 0.358 e. The first kappa shape index (κ1) is 11.9. The van der Waals surface area contributed by atoms with Crippen LogP contribution >= 0.6 is 11.3 Å².